The second-order valence-electron chi connectivity index (χ2n) is 16.0. The number of carbonyl (C=O) groups is 1. The number of aliphatic hydroxyl groups is 4. The SMILES string of the molecule is CC(O)CC(C)O.CC(O)CC(C)O.Fc1c[c-]c(-c2ccccn2)c(F)c1.O=C(O)c1ccccn1.[Pd].[Rh].[Rh].[Rh].[c-]1c(-c2ccccn2)sc2ccccc12.[c-]1ccccc1-c1ccccn1.[c-]1ccsc1-c1ccccn1. The minimum absolute atomic E-state index is 0. The van der Waals surface area contributed by atoms with Crippen LogP contribution in [0.15, 0.2) is 194 Å². The number of halogens is 2. The number of thiophene rings is 2. The molecule has 19 heteroatoms. The molecule has 11 nitrogen and oxygen atoms in total. The fourth-order valence-corrected chi connectivity index (χ4v) is 7.74. The van der Waals surface area contributed by atoms with Crippen LogP contribution in [0.25, 0.3) is 53.7 Å². The molecule has 0 fully saturated rings. The van der Waals surface area contributed by atoms with E-state index in [1.54, 1.807) is 99.3 Å². The maximum atomic E-state index is 13.2. The Balaban J connectivity index is 0.000000906. The van der Waals surface area contributed by atoms with Crippen LogP contribution < -0.4 is 0 Å². The van der Waals surface area contributed by atoms with Crippen LogP contribution in [0.3, 0.4) is 0 Å². The molecule has 425 valence electrons. The van der Waals surface area contributed by atoms with Gasteiger partial charge in [-0.25, -0.2) is 32.5 Å². The topological polar surface area (TPSA) is 183 Å². The number of rotatable bonds is 9. The number of nitrogens with zero attached hydrogens (tertiary/aromatic N) is 5. The van der Waals surface area contributed by atoms with Crippen LogP contribution in [-0.4, -0.2) is 80.8 Å². The number of pyridine rings is 5. The summed E-state index contributed by atoms with van der Waals surface area (Å²) in [4.78, 5) is 32.6. The molecule has 4 unspecified atom stereocenters. The molecule has 0 saturated heterocycles. The van der Waals surface area contributed by atoms with Gasteiger partial charge in [0.15, 0.2) is 0 Å². The Morgan fingerprint density at radius 1 is 0.544 bits per heavy atom. The second-order valence-corrected chi connectivity index (χ2v) is 18.0. The molecule has 4 atom stereocenters. The number of fused-ring (bicyclic) bond motifs is 1. The van der Waals surface area contributed by atoms with E-state index in [2.05, 4.69) is 67.4 Å². The molecular weight excluding hydrogens is 1400 g/mol. The van der Waals surface area contributed by atoms with Gasteiger partial charge in [-0.05, 0) is 104 Å². The summed E-state index contributed by atoms with van der Waals surface area (Å²) in [6.07, 6.45) is 7.84. The van der Waals surface area contributed by atoms with Gasteiger partial charge in [0.05, 0.1) is 24.4 Å². The molecular formula is C60H57F2N5O6PdRh3S2-4. The molecule has 3 aromatic carbocycles. The van der Waals surface area contributed by atoms with Gasteiger partial charge in [0.2, 0.25) is 0 Å². The van der Waals surface area contributed by atoms with E-state index in [4.69, 9.17) is 25.5 Å². The van der Waals surface area contributed by atoms with Gasteiger partial charge in [0.1, 0.15) is 5.69 Å². The Kier molecular flexibility index (Phi) is 39.8. The maximum Gasteiger partial charge on any atom is 0.354 e. The van der Waals surface area contributed by atoms with Crippen molar-refractivity contribution in [1.29, 1.82) is 0 Å². The Labute approximate surface area is 521 Å². The van der Waals surface area contributed by atoms with Crippen molar-refractivity contribution in [3.63, 3.8) is 0 Å². The van der Waals surface area contributed by atoms with Crippen molar-refractivity contribution in [2.45, 2.75) is 65.0 Å². The molecule has 79 heavy (non-hydrogen) atoms. The third kappa shape index (κ3) is 30.2. The number of aliphatic hydroxyl groups excluding tert-OH is 4. The van der Waals surface area contributed by atoms with E-state index < -0.39 is 17.6 Å². The van der Waals surface area contributed by atoms with Crippen LogP contribution in [0, 0.1) is 35.9 Å². The first-order chi connectivity index (χ1) is 36.2. The number of carboxylic acid groups (broad SMARTS) is 1. The van der Waals surface area contributed by atoms with Crippen molar-refractivity contribution in [3.8, 4) is 43.7 Å². The smallest absolute Gasteiger partial charge is 0.354 e. The molecule has 7 aromatic heterocycles. The Bertz CT molecular complexity index is 2980. The van der Waals surface area contributed by atoms with Gasteiger partial charge in [-0.15, -0.1) is 77.0 Å². The van der Waals surface area contributed by atoms with Gasteiger partial charge < -0.3 is 45.5 Å². The first kappa shape index (κ1) is 73.8. The van der Waals surface area contributed by atoms with Crippen molar-refractivity contribution in [1.82, 2.24) is 24.9 Å². The summed E-state index contributed by atoms with van der Waals surface area (Å²) >= 11 is 3.39. The van der Waals surface area contributed by atoms with Crippen molar-refractivity contribution >= 4 is 38.7 Å². The summed E-state index contributed by atoms with van der Waals surface area (Å²) in [5.41, 5.74) is 4.73. The molecule has 7 heterocycles. The maximum absolute atomic E-state index is 13.2. The van der Waals surface area contributed by atoms with E-state index in [1.807, 2.05) is 103 Å². The average molecular weight is 1460 g/mol. The number of hydrogen-bond acceptors (Lipinski definition) is 12. The van der Waals surface area contributed by atoms with Crippen molar-refractivity contribution in [2.24, 2.45) is 0 Å². The van der Waals surface area contributed by atoms with Crippen LogP contribution >= 0.6 is 22.7 Å². The van der Waals surface area contributed by atoms with E-state index in [-0.39, 0.29) is 115 Å². The zero-order valence-corrected chi connectivity index (χ0v) is 51.1. The van der Waals surface area contributed by atoms with Gasteiger partial charge in [-0.2, -0.15) is 12.1 Å². The third-order valence-electron chi connectivity index (χ3n) is 9.29. The first-order valence-electron chi connectivity index (χ1n) is 23.4. The monoisotopic (exact) mass is 1460 g/mol. The average Bonchev–Trinajstić information content (AvgIpc) is 4.13. The fourth-order valence-electron chi connectivity index (χ4n) is 6.11. The van der Waals surface area contributed by atoms with E-state index in [1.165, 1.54) is 22.3 Å². The molecule has 0 aliphatic carbocycles. The van der Waals surface area contributed by atoms with Crippen LogP contribution in [0.5, 0.6) is 0 Å². The van der Waals surface area contributed by atoms with Crippen LogP contribution in [-0.2, 0) is 78.9 Å². The molecule has 5 N–H and O–H groups in total. The Morgan fingerprint density at radius 2 is 1.01 bits per heavy atom. The second kappa shape index (κ2) is 42.6. The van der Waals surface area contributed by atoms with Crippen molar-refractivity contribution in [2.75, 3.05) is 0 Å². The van der Waals surface area contributed by atoms with Gasteiger partial charge in [-0.3, -0.25) is 8.78 Å². The number of aromatic nitrogens is 5. The van der Waals surface area contributed by atoms with Crippen LogP contribution in [0.4, 0.5) is 8.78 Å². The van der Waals surface area contributed by atoms with E-state index in [0.717, 1.165) is 44.5 Å². The molecule has 0 amide bonds. The van der Waals surface area contributed by atoms with Gasteiger partial charge in [-0.1, -0.05) is 83.2 Å². The number of hydrogen-bond donors (Lipinski definition) is 5. The molecule has 10 rings (SSSR count). The molecule has 0 saturated carbocycles. The van der Waals surface area contributed by atoms with Crippen LogP contribution in [0.2, 0.25) is 0 Å². The third-order valence-corrected chi connectivity index (χ3v) is 11.2. The summed E-state index contributed by atoms with van der Waals surface area (Å²) in [5.74, 6) is -2.28. The summed E-state index contributed by atoms with van der Waals surface area (Å²) in [6, 6.07) is 59.6. The molecule has 0 aliphatic heterocycles. The number of carboxylic acids is 1. The summed E-state index contributed by atoms with van der Waals surface area (Å²) < 4.78 is 27.1. The number of aromatic carboxylic acids is 1. The molecule has 0 aliphatic rings. The zero-order chi connectivity index (χ0) is 54.2. The predicted molar refractivity (Wildman–Crippen MR) is 294 cm³/mol. The fraction of sp³-hybridized carbons (Fsp3) is 0.167. The largest absolute Gasteiger partial charge is 0.477 e. The minimum Gasteiger partial charge on any atom is -0.477 e. The molecule has 0 spiro atoms. The Morgan fingerprint density at radius 3 is 1.41 bits per heavy atom. The van der Waals surface area contributed by atoms with Gasteiger partial charge in [0, 0.05) is 127 Å². The Hall–Kier alpha value is -5.23. The van der Waals surface area contributed by atoms with Crippen molar-refractivity contribution in [3.05, 3.63) is 236 Å². The van der Waals surface area contributed by atoms with Gasteiger partial charge in [0.25, 0.3) is 0 Å². The molecule has 0 bridgehead atoms. The summed E-state index contributed by atoms with van der Waals surface area (Å²) in [5, 5.41) is 45.7. The quantitative estimate of drug-likeness (QED) is 0.0685. The van der Waals surface area contributed by atoms with E-state index in [9.17, 15) is 13.6 Å². The number of benzene rings is 3. The van der Waals surface area contributed by atoms with E-state index >= 15 is 0 Å². The predicted octanol–water partition coefficient (Wildman–Crippen LogP) is 12.8. The zero-order valence-electron chi connectivity index (χ0n) is 43.0. The van der Waals surface area contributed by atoms with Crippen LogP contribution in [0.1, 0.15) is 51.0 Å². The molecule has 3 radical (unpaired) electrons. The van der Waals surface area contributed by atoms with Gasteiger partial charge >= 0.3 is 5.97 Å². The normalized spacial score (nSPS) is 11.0. The molecule has 10 aromatic rings. The van der Waals surface area contributed by atoms with Crippen molar-refractivity contribution < 1.29 is 118 Å². The summed E-state index contributed by atoms with van der Waals surface area (Å²) in [6.45, 7) is 6.64. The summed E-state index contributed by atoms with van der Waals surface area (Å²) in [7, 11) is 0. The van der Waals surface area contributed by atoms with E-state index in [0.29, 0.717) is 18.5 Å². The minimum atomic E-state index is -0.990. The standard InChI is InChI=1S/C13H8NS.C11H6F2N.C11H8N.C9H6NS.C6H5NO2.2C5H12O2.Pd.3Rh/c1-2-7-12-10(5-1)9-13(15-12)11-6-3-4-8-14-11;12-8-4-5-9(10(13)7-8)11-3-1-2-6-14-11;1-2-6-10(7-3-1)11-8-4-5-9-12-11;1-2-6-10-8(4-1)9-5-3-7-11-9;8-6(9)5-3-1-2-4-7-5;2*1-4(6)3-5(2)7;;;;/h1-8H;1-4,6-7H;1-6,8-9H;1-4,6-7H;1-4H,(H,8,9);2*4-7H,3H2,1-2H3;;;;/q4*-1;;;;;;;. The first-order valence-corrected chi connectivity index (χ1v) is 25.1.